The second-order valence-corrected chi connectivity index (χ2v) is 6.95. The summed E-state index contributed by atoms with van der Waals surface area (Å²) in [5.74, 6) is 0.824. The molecule has 1 saturated heterocycles. The van der Waals surface area contributed by atoms with Crippen molar-refractivity contribution in [3.63, 3.8) is 0 Å². The maximum atomic E-state index is 3.56. The molecule has 1 unspecified atom stereocenters. The van der Waals surface area contributed by atoms with E-state index in [4.69, 9.17) is 0 Å². The van der Waals surface area contributed by atoms with Gasteiger partial charge in [-0.05, 0) is 48.4 Å². The largest absolute Gasteiger partial charge is 0.316 e. The maximum Gasteiger partial charge on any atom is 0.0240 e. The van der Waals surface area contributed by atoms with E-state index in [-0.39, 0.29) is 0 Å². The van der Waals surface area contributed by atoms with E-state index in [0.717, 1.165) is 19.0 Å². The molecule has 0 aliphatic carbocycles. The second-order valence-electron chi connectivity index (χ2n) is 6.95. The number of nitrogens with one attached hydrogen (secondary N) is 1. The molecule has 0 amide bonds. The van der Waals surface area contributed by atoms with Gasteiger partial charge in [-0.3, -0.25) is 4.90 Å². The number of nitrogens with zero attached hydrogens (tertiary/aromatic N) is 1. The van der Waals surface area contributed by atoms with Gasteiger partial charge in [0.25, 0.3) is 0 Å². The first-order valence-electron chi connectivity index (χ1n) is 7.65. The molecule has 104 valence electrons. The van der Waals surface area contributed by atoms with Gasteiger partial charge in [0, 0.05) is 19.6 Å². The van der Waals surface area contributed by atoms with Crippen molar-refractivity contribution in [2.24, 2.45) is 11.3 Å². The van der Waals surface area contributed by atoms with Crippen molar-refractivity contribution in [2.75, 3.05) is 19.6 Å². The number of benzene rings is 1. The molecule has 0 spiro atoms. The molecule has 0 saturated carbocycles. The van der Waals surface area contributed by atoms with Crippen LogP contribution in [0.4, 0.5) is 0 Å². The molecular formula is C17H26N2. The predicted molar refractivity (Wildman–Crippen MR) is 79.9 cm³/mol. The van der Waals surface area contributed by atoms with Gasteiger partial charge in [-0.2, -0.15) is 0 Å². The molecule has 2 aliphatic heterocycles. The van der Waals surface area contributed by atoms with Gasteiger partial charge in [-0.15, -0.1) is 0 Å². The smallest absolute Gasteiger partial charge is 0.0240 e. The summed E-state index contributed by atoms with van der Waals surface area (Å²) in [6.45, 7) is 10.8. The lowest BCUT2D eigenvalue weighted by molar-refractivity contribution is 0.0992. The Balaban J connectivity index is 1.63. The number of rotatable bonds is 3. The van der Waals surface area contributed by atoms with Gasteiger partial charge in [0.05, 0.1) is 0 Å². The van der Waals surface area contributed by atoms with Crippen LogP contribution >= 0.6 is 0 Å². The minimum absolute atomic E-state index is 0.412. The van der Waals surface area contributed by atoms with Gasteiger partial charge in [0.2, 0.25) is 0 Å². The minimum atomic E-state index is 0.412. The van der Waals surface area contributed by atoms with Gasteiger partial charge in [-0.1, -0.05) is 38.1 Å². The molecule has 2 heteroatoms. The van der Waals surface area contributed by atoms with E-state index in [0.29, 0.717) is 5.41 Å². The first-order chi connectivity index (χ1) is 9.15. The Labute approximate surface area is 117 Å². The zero-order valence-corrected chi connectivity index (χ0v) is 12.3. The Hall–Kier alpha value is -0.860. The number of hydrogen-bond acceptors (Lipinski definition) is 2. The zero-order valence-electron chi connectivity index (χ0n) is 12.3. The van der Waals surface area contributed by atoms with Gasteiger partial charge in [-0.25, -0.2) is 0 Å². The summed E-state index contributed by atoms with van der Waals surface area (Å²) in [7, 11) is 0. The molecule has 1 aromatic carbocycles. The second kappa shape index (κ2) is 5.26. The van der Waals surface area contributed by atoms with E-state index in [1.807, 2.05) is 0 Å². The van der Waals surface area contributed by atoms with Crippen LogP contribution in [-0.4, -0.2) is 24.5 Å². The molecular weight excluding hydrogens is 232 g/mol. The Morgan fingerprint density at radius 2 is 1.89 bits per heavy atom. The Morgan fingerprint density at radius 3 is 2.47 bits per heavy atom. The first-order valence-corrected chi connectivity index (χ1v) is 7.65. The lowest BCUT2D eigenvalue weighted by Gasteiger charge is -2.39. The van der Waals surface area contributed by atoms with Crippen molar-refractivity contribution >= 4 is 0 Å². The van der Waals surface area contributed by atoms with Crippen LogP contribution in [0.1, 0.15) is 37.8 Å². The fourth-order valence-corrected chi connectivity index (χ4v) is 3.74. The Kier molecular flexibility index (Phi) is 3.64. The summed E-state index contributed by atoms with van der Waals surface area (Å²) < 4.78 is 0. The quantitative estimate of drug-likeness (QED) is 0.896. The number of hydrogen-bond donors (Lipinski definition) is 1. The maximum absolute atomic E-state index is 3.56. The summed E-state index contributed by atoms with van der Waals surface area (Å²) in [4.78, 5) is 2.62. The third-order valence-corrected chi connectivity index (χ3v) is 4.94. The Morgan fingerprint density at radius 1 is 1.21 bits per heavy atom. The highest BCUT2D eigenvalue weighted by Crippen LogP contribution is 2.35. The number of fused-ring (bicyclic) bond motifs is 1. The molecule has 1 aromatic rings. The summed E-state index contributed by atoms with van der Waals surface area (Å²) in [5.41, 5.74) is 3.47. The summed E-state index contributed by atoms with van der Waals surface area (Å²) in [5, 5.41) is 3.56. The molecule has 1 atom stereocenters. The third-order valence-electron chi connectivity index (χ3n) is 4.94. The SMILES string of the molecule is CC(C)(CN1Cc2ccccc2C1)C1CCCNC1. The normalized spacial score (nSPS) is 24.4. The third kappa shape index (κ3) is 2.85. The highest BCUT2D eigenvalue weighted by molar-refractivity contribution is 5.30. The Bertz CT molecular complexity index is 408. The van der Waals surface area contributed by atoms with Crippen molar-refractivity contribution in [1.29, 1.82) is 0 Å². The molecule has 0 radical (unpaired) electrons. The molecule has 1 N–H and O–H groups in total. The van der Waals surface area contributed by atoms with Gasteiger partial charge in [0.1, 0.15) is 0 Å². The minimum Gasteiger partial charge on any atom is -0.316 e. The standard InChI is InChI=1S/C17H26N2/c1-17(2,16-8-5-9-18-10-16)13-19-11-14-6-3-4-7-15(14)12-19/h3-4,6-7,16,18H,5,8-13H2,1-2H3. The topological polar surface area (TPSA) is 15.3 Å². The van der Waals surface area contributed by atoms with E-state index in [2.05, 4.69) is 48.3 Å². The molecule has 19 heavy (non-hydrogen) atoms. The summed E-state index contributed by atoms with van der Waals surface area (Å²) in [6, 6.07) is 8.89. The van der Waals surface area contributed by atoms with Crippen LogP contribution in [0.5, 0.6) is 0 Å². The molecule has 0 bridgehead atoms. The van der Waals surface area contributed by atoms with Crippen LogP contribution in [-0.2, 0) is 13.1 Å². The van der Waals surface area contributed by atoms with E-state index in [1.165, 1.54) is 43.6 Å². The van der Waals surface area contributed by atoms with E-state index < -0.39 is 0 Å². The van der Waals surface area contributed by atoms with E-state index in [9.17, 15) is 0 Å². The monoisotopic (exact) mass is 258 g/mol. The fourth-order valence-electron chi connectivity index (χ4n) is 3.74. The molecule has 2 nitrogen and oxygen atoms in total. The van der Waals surface area contributed by atoms with Crippen LogP contribution in [0.3, 0.4) is 0 Å². The summed E-state index contributed by atoms with van der Waals surface area (Å²) in [6.07, 6.45) is 2.73. The van der Waals surface area contributed by atoms with E-state index >= 15 is 0 Å². The van der Waals surface area contributed by atoms with Crippen LogP contribution in [0.15, 0.2) is 24.3 Å². The van der Waals surface area contributed by atoms with Crippen LogP contribution in [0.2, 0.25) is 0 Å². The average Bonchev–Trinajstić information content (AvgIpc) is 2.81. The molecule has 2 aliphatic rings. The van der Waals surface area contributed by atoms with E-state index in [1.54, 1.807) is 0 Å². The van der Waals surface area contributed by atoms with Gasteiger partial charge < -0.3 is 5.32 Å². The van der Waals surface area contributed by atoms with Gasteiger partial charge >= 0.3 is 0 Å². The first kappa shape index (κ1) is 13.1. The average molecular weight is 258 g/mol. The van der Waals surface area contributed by atoms with Crippen molar-refractivity contribution in [3.8, 4) is 0 Å². The highest BCUT2D eigenvalue weighted by atomic mass is 15.1. The van der Waals surface area contributed by atoms with Crippen LogP contribution in [0.25, 0.3) is 0 Å². The summed E-state index contributed by atoms with van der Waals surface area (Å²) >= 11 is 0. The van der Waals surface area contributed by atoms with Crippen LogP contribution < -0.4 is 5.32 Å². The van der Waals surface area contributed by atoms with Gasteiger partial charge in [0.15, 0.2) is 0 Å². The molecule has 1 fully saturated rings. The lowest BCUT2D eigenvalue weighted by atomic mass is 9.74. The molecule has 3 rings (SSSR count). The predicted octanol–water partition coefficient (Wildman–Crippen LogP) is 3.03. The number of piperidine rings is 1. The molecule has 2 heterocycles. The van der Waals surface area contributed by atoms with Crippen LogP contribution in [0, 0.1) is 11.3 Å². The highest BCUT2D eigenvalue weighted by Gasteiger charge is 2.33. The molecule has 0 aromatic heterocycles. The fraction of sp³-hybridized carbons (Fsp3) is 0.647. The van der Waals surface area contributed by atoms with Crippen molar-refractivity contribution in [3.05, 3.63) is 35.4 Å². The lowest BCUT2D eigenvalue weighted by Crippen LogP contribution is -2.43. The van der Waals surface area contributed by atoms with Crippen molar-refractivity contribution < 1.29 is 0 Å². The van der Waals surface area contributed by atoms with Crippen molar-refractivity contribution in [2.45, 2.75) is 39.8 Å². The van der Waals surface area contributed by atoms with Crippen molar-refractivity contribution in [1.82, 2.24) is 10.2 Å². The zero-order chi connectivity index (χ0) is 13.3.